The molecule has 2 N–H and O–H groups in total. The summed E-state index contributed by atoms with van der Waals surface area (Å²) in [5, 5.41) is 8.60. The molecule has 0 spiro atoms. The predicted octanol–water partition coefficient (Wildman–Crippen LogP) is 2.24. The maximum absolute atomic E-state index is 13.7. The van der Waals surface area contributed by atoms with Gasteiger partial charge >= 0.3 is 6.03 Å². The number of carbonyl (C=O) groups is 2. The highest BCUT2D eigenvalue weighted by atomic mass is 19.1. The third-order valence-electron chi connectivity index (χ3n) is 3.20. The van der Waals surface area contributed by atoms with E-state index in [1.54, 1.807) is 19.1 Å². The number of nitrogens with one attached hydrogen (secondary N) is 2. The van der Waals surface area contributed by atoms with Crippen LogP contribution in [0.4, 0.5) is 20.7 Å². The first-order chi connectivity index (χ1) is 12.0. The lowest BCUT2D eigenvalue weighted by molar-refractivity contribution is -0.116. The number of methoxy groups -OCH3 is 1. The van der Waals surface area contributed by atoms with Gasteiger partial charge in [0.1, 0.15) is 18.1 Å². The van der Waals surface area contributed by atoms with Gasteiger partial charge in [-0.3, -0.25) is 4.79 Å². The minimum absolute atomic E-state index is 0.0300. The standard InChI is InChI=1S/C16H19FN4O4/c1-11-9-14(20-25-11)19-15(22)10-21(7-8-24-2)16(23)18-13-6-4-3-5-12(13)17/h3-6,9H,7-8,10H2,1-2H3,(H,18,23)(H,19,20,22). The van der Waals surface area contributed by atoms with Crippen molar-refractivity contribution in [2.24, 2.45) is 0 Å². The molecule has 0 fully saturated rings. The number of hydrogen-bond acceptors (Lipinski definition) is 5. The molecule has 134 valence electrons. The topological polar surface area (TPSA) is 96.7 Å². The molecule has 1 aromatic carbocycles. The Hall–Kier alpha value is -2.94. The monoisotopic (exact) mass is 350 g/mol. The van der Waals surface area contributed by atoms with Crippen molar-refractivity contribution in [2.75, 3.05) is 37.4 Å². The van der Waals surface area contributed by atoms with E-state index in [0.717, 1.165) is 0 Å². The fourth-order valence-corrected chi connectivity index (χ4v) is 1.99. The summed E-state index contributed by atoms with van der Waals surface area (Å²) >= 11 is 0. The van der Waals surface area contributed by atoms with Crippen molar-refractivity contribution in [1.29, 1.82) is 0 Å². The fraction of sp³-hybridized carbons (Fsp3) is 0.312. The van der Waals surface area contributed by atoms with E-state index in [1.165, 1.54) is 30.2 Å². The highest BCUT2D eigenvalue weighted by Gasteiger charge is 2.19. The number of nitrogens with zero attached hydrogens (tertiary/aromatic N) is 2. The average molecular weight is 350 g/mol. The Bertz CT molecular complexity index is 734. The number of hydrogen-bond donors (Lipinski definition) is 2. The number of benzene rings is 1. The molecule has 1 aromatic heterocycles. The molecule has 8 nitrogen and oxygen atoms in total. The van der Waals surface area contributed by atoms with E-state index in [0.29, 0.717) is 5.76 Å². The van der Waals surface area contributed by atoms with E-state index >= 15 is 0 Å². The summed E-state index contributed by atoms with van der Waals surface area (Å²) < 4.78 is 23.5. The number of aryl methyl sites for hydroxylation is 1. The Morgan fingerprint density at radius 1 is 1.32 bits per heavy atom. The Morgan fingerprint density at radius 2 is 2.08 bits per heavy atom. The predicted molar refractivity (Wildman–Crippen MR) is 88.7 cm³/mol. The SMILES string of the molecule is COCCN(CC(=O)Nc1cc(C)on1)C(=O)Nc1ccccc1F. The van der Waals surface area contributed by atoms with Gasteiger partial charge in [-0.1, -0.05) is 17.3 Å². The van der Waals surface area contributed by atoms with Crippen LogP contribution in [0.5, 0.6) is 0 Å². The molecule has 0 atom stereocenters. The molecular formula is C16H19FN4O4. The zero-order valence-electron chi connectivity index (χ0n) is 13.9. The summed E-state index contributed by atoms with van der Waals surface area (Å²) in [5.41, 5.74) is 0.0300. The first-order valence-electron chi connectivity index (χ1n) is 7.52. The second-order valence-corrected chi connectivity index (χ2v) is 5.20. The van der Waals surface area contributed by atoms with Gasteiger partial charge in [-0.25, -0.2) is 9.18 Å². The highest BCUT2D eigenvalue weighted by Crippen LogP contribution is 2.13. The Kier molecular flexibility index (Phi) is 6.47. The lowest BCUT2D eigenvalue weighted by atomic mass is 10.3. The zero-order valence-corrected chi connectivity index (χ0v) is 13.9. The van der Waals surface area contributed by atoms with E-state index in [1.807, 2.05) is 0 Å². The Morgan fingerprint density at radius 3 is 2.72 bits per heavy atom. The summed E-state index contributed by atoms with van der Waals surface area (Å²) in [6.45, 7) is 1.81. The number of ether oxygens (including phenoxy) is 1. The van der Waals surface area contributed by atoms with Gasteiger partial charge in [0.05, 0.1) is 12.3 Å². The number of halogens is 1. The van der Waals surface area contributed by atoms with Crippen molar-refractivity contribution in [1.82, 2.24) is 10.1 Å². The van der Waals surface area contributed by atoms with Crippen LogP contribution in [0.15, 0.2) is 34.9 Å². The minimum atomic E-state index is -0.617. The van der Waals surface area contributed by atoms with E-state index < -0.39 is 17.8 Å². The van der Waals surface area contributed by atoms with Crippen LogP contribution >= 0.6 is 0 Å². The third kappa shape index (κ3) is 5.57. The molecule has 1 heterocycles. The third-order valence-corrected chi connectivity index (χ3v) is 3.20. The van der Waals surface area contributed by atoms with Crippen LogP contribution in [0.25, 0.3) is 0 Å². The van der Waals surface area contributed by atoms with Gasteiger partial charge < -0.3 is 24.8 Å². The summed E-state index contributed by atoms with van der Waals surface area (Å²) in [4.78, 5) is 25.6. The van der Waals surface area contributed by atoms with Crippen molar-refractivity contribution >= 4 is 23.4 Å². The van der Waals surface area contributed by atoms with Crippen LogP contribution in [0.2, 0.25) is 0 Å². The molecule has 0 unspecified atom stereocenters. The van der Waals surface area contributed by atoms with E-state index in [2.05, 4.69) is 15.8 Å². The molecule has 0 saturated carbocycles. The molecule has 2 aromatic rings. The van der Waals surface area contributed by atoms with Gasteiger partial charge in [-0.2, -0.15) is 0 Å². The van der Waals surface area contributed by atoms with Gasteiger partial charge in [-0.05, 0) is 19.1 Å². The molecule has 0 aliphatic carbocycles. The van der Waals surface area contributed by atoms with Crippen LogP contribution in [-0.4, -0.2) is 48.8 Å². The van der Waals surface area contributed by atoms with E-state index in [4.69, 9.17) is 9.26 Å². The van der Waals surface area contributed by atoms with Crippen LogP contribution < -0.4 is 10.6 Å². The molecular weight excluding hydrogens is 331 g/mol. The summed E-state index contributed by atoms with van der Waals surface area (Å²) in [7, 11) is 1.48. The first kappa shape index (κ1) is 18.4. The summed E-state index contributed by atoms with van der Waals surface area (Å²) in [6, 6.07) is 6.71. The molecule has 0 radical (unpaired) electrons. The number of para-hydroxylation sites is 1. The number of aromatic nitrogens is 1. The smallest absolute Gasteiger partial charge is 0.322 e. The van der Waals surface area contributed by atoms with Gasteiger partial charge in [-0.15, -0.1) is 0 Å². The molecule has 3 amide bonds. The second-order valence-electron chi connectivity index (χ2n) is 5.20. The van der Waals surface area contributed by atoms with Crippen molar-refractivity contribution in [3.05, 3.63) is 41.9 Å². The Labute approximate surface area is 143 Å². The number of urea groups is 1. The normalized spacial score (nSPS) is 10.4. The molecule has 2 rings (SSSR count). The zero-order chi connectivity index (χ0) is 18.2. The summed E-state index contributed by atoms with van der Waals surface area (Å²) in [5.74, 6) is -0.231. The average Bonchev–Trinajstić information content (AvgIpc) is 2.98. The van der Waals surface area contributed by atoms with Gasteiger partial charge in [0.2, 0.25) is 5.91 Å². The van der Waals surface area contributed by atoms with Crippen LogP contribution in [0.1, 0.15) is 5.76 Å². The van der Waals surface area contributed by atoms with Crippen molar-refractivity contribution in [3.63, 3.8) is 0 Å². The maximum atomic E-state index is 13.7. The second kappa shape index (κ2) is 8.78. The maximum Gasteiger partial charge on any atom is 0.322 e. The molecule has 9 heteroatoms. The number of anilines is 2. The molecule has 0 saturated heterocycles. The summed E-state index contributed by atoms with van der Waals surface area (Å²) in [6.07, 6.45) is 0. The largest absolute Gasteiger partial charge is 0.383 e. The van der Waals surface area contributed by atoms with Crippen molar-refractivity contribution in [3.8, 4) is 0 Å². The van der Waals surface area contributed by atoms with Crippen LogP contribution in [-0.2, 0) is 9.53 Å². The van der Waals surface area contributed by atoms with E-state index in [-0.39, 0.29) is 31.2 Å². The molecule has 25 heavy (non-hydrogen) atoms. The van der Waals surface area contributed by atoms with Crippen LogP contribution in [0.3, 0.4) is 0 Å². The van der Waals surface area contributed by atoms with Gasteiger partial charge in [0.25, 0.3) is 0 Å². The van der Waals surface area contributed by atoms with Crippen LogP contribution in [0, 0.1) is 12.7 Å². The number of rotatable bonds is 7. The van der Waals surface area contributed by atoms with Crippen molar-refractivity contribution < 1.29 is 23.2 Å². The molecule has 0 bridgehead atoms. The first-order valence-corrected chi connectivity index (χ1v) is 7.52. The van der Waals surface area contributed by atoms with Gasteiger partial charge in [0, 0.05) is 19.7 Å². The highest BCUT2D eigenvalue weighted by molar-refractivity contribution is 5.96. The lowest BCUT2D eigenvalue weighted by Crippen LogP contribution is -2.42. The lowest BCUT2D eigenvalue weighted by Gasteiger charge is -2.22. The van der Waals surface area contributed by atoms with E-state index in [9.17, 15) is 14.0 Å². The fourth-order valence-electron chi connectivity index (χ4n) is 1.99. The molecule has 0 aliphatic rings. The Balaban J connectivity index is 2.00. The quantitative estimate of drug-likeness (QED) is 0.798. The van der Waals surface area contributed by atoms with Gasteiger partial charge in [0.15, 0.2) is 5.82 Å². The van der Waals surface area contributed by atoms with Crippen molar-refractivity contribution in [2.45, 2.75) is 6.92 Å². The number of carbonyl (C=O) groups excluding carboxylic acids is 2. The minimum Gasteiger partial charge on any atom is -0.383 e. The molecule has 0 aliphatic heterocycles. The number of amides is 3.